The molecule has 0 spiro atoms. The SMILES string of the molecule is C[C@@H]1c2ccsc2CC1(C)C. The van der Waals surface area contributed by atoms with Crippen molar-refractivity contribution in [3.8, 4) is 0 Å². The van der Waals surface area contributed by atoms with Crippen molar-refractivity contribution in [1.29, 1.82) is 0 Å². The predicted octanol–water partition coefficient (Wildman–Crippen LogP) is 3.43. The van der Waals surface area contributed by atoms with Gasteiger partial charge in [0.1, 0.15) is 0 Å². The molecule has 0 saturated carbocycles. The van der Waals surface area contributed by atoms with Crippen molar-refractivity contribution in [2.24, 2.45) is 5.41 Å². The summed E-state index contributed by atoms with van der Waals surface area (Å²) in [5.74, 6) is 0.753. The van der Waals surface area contributed by atoms with Gasteiger partial charge in [-0.15, -0.1) is 11.3 Å². The van der Waals surface area contributed by atoms with E-state index in [1.807, 2.05) is 11.3 Å². The first kappa shape index (κ1) is 7.35. The van der Waals surface area contributed by atoms with Crippen molar-refractivity contribution in [3.63, 3.8) is 0 Å². The fourth-order valence-electron chi connectivity index (χ4n) is 1.87. The zero-order valence-corrected chi connectivity index (χ0v) is 8.16. The Labute approximate surface area is 72.3 Å². The largest absolute Gasteiger partial charge is 0.149 e. The highest BCUT2D eigenvalue weighted by molar-refractivity contribution is 7.10. The van der Waals surface area contributed by atoms with Gasteiger partial charge in [-0.25, -0.2) is 0 Å². The van der Waals surface area contributed by atoms with Crippen LogP contribution in [0.2, 0.25) is 0 Å². The summed E-state index contributed by atoms with van der Waals surface area (Å²) in [5.41, 5.74) is 2.10. The van der Waals surface area contributed by atoms with Gasteiger partial charge in [-0.05, 0) is 34.8 Å². The first-order valence-electron chi connectivity index (χ1n) is 4.17. The normalized spacial score (nSPS) is 27.0. The van der Waals surface area contributed by atoms with Gasteiger partial charge in [-0.2, -0.15) is 0 Å². The summed E-state index contributed by atoms with van der Waals surface area (Å²) in [6.45, 7) is 7.08. The van der Waals surface area contributed by atoms with E-state index < -0.39 is 0 Å². The van der Waals surface area contributed by atoms with Crippen molar-refractivity contribution in [3.05, 3.63) is 21.9 Å². The zero-order chi connectivity index (χ0) is 8.06. The molecule has 0 aliphatic heterocycles. The lowest BCUT2D eigenvalue weighted by molar-refractivity contribution is 0.331. The Bertz CT molecular complexity index is 270. The van der Waals surface area contributed by atoms with Crippen LogP contribution in [0.5, 0.6) is 0 Å². The second kappa shape index (κ2) is 2.10. The van der Waals surface area contributed by atoms with Crippen molar-refractivity contribution in [2.75, 3.05) is 0 Å². The Morgan fingerprint density at radius 2 is 2.27 bits per heavy atom. The summed E-state index contributed by atoms with van der Waals surface area (Å²) in [7, 11) is 0. The quantitative estimate of drug-likeness (QED) is 0.554. The van der Waals surface area contributed by atoms with Crippen LogP contribution in [0.1, 0.15) is 37.1 Å². The first-order valence-corrected chi connectivity index (χ1v) is 5.05. The minimum absolute atomic E-state index is 0.502. The van der Waals surface area contributed by atoms with Crippen molar-refractivity contribution >= 4 is 11.3 Å². The maximum absolute atomic E-state index is 2.37. The molecule has 1 aromatic heterocycles. The highest BCUT2D eigenvalue weighted by atomic mass is 32.1. The maximum atomic E-state index is 2.37. The van der Waals surface area contributed by atoms with Crippen molar-refractivity contribution < 1.29 is 0 Å². The second-order valence-corrected chi connectivity index (χ2v) is 5.19. The molecule has 0 bridgehead atoms. The summed E-state index contributed by atoms with van der Waals surface area (Å²) >= 11 is 1.92. The fourth-order valence-corrected chi connectivity index (χ4v) is 3.08. The van der Waals surface area contributed by atoms with Gasteiger partial charge in [0, 0.05) is 4.88 Å². The molecule has 1 aliphatic carbocycles. The predicted molar refractivity (Wildman–Crippen MR) is 50.2 cm³/mol. The molecule has 0 unspecified atom stereocenters. The monoisotopic (exact) mass is 166 g/mol. The van der Waals surface area contributed by atoms with Crippen LogP contribution in [0.3, 0.4) is 0 Å². The molecule has 2 rings (SSSR count). The summed E-state index contributed by atoms with van der Waals surface area (Å²) in [4.78, 5) is 1.61. The molecular weight excluding hydrogens is 152 g/mol. The van der Waals surface area contributed by atoms with E-state index in [2.05, 4.69) is 32.2 Å². The summed E-state index contributed by atoms with van der Waals surface area (Å²) < 4.78 is 0. The number of hydrogen-bond acceptors (Lipinski definition) is 1. The van der Waals surface area contributed by atoms with Gasteiger partial charge >= 0.3 is 0 Å². The average Bonchev–Trinajstić information content (AvgIpc) is 2.39. The molecule has 1 aromatic rings. The minimum atomic E-state index is 0.502. The third-order valence-corrected chi connectivity index (χ3v) is 3.97. The third kappa shape index (κ3) is 0.943. The van der Waals surface area contributed by atoms with Gasteiger partial charge in [0.15, 0.2) is 0 Å². The maximum Gasteiger partial charge on any atom is 0.00856 e. The minimum Gasteiger partial charge on any atom is -0.149 e. The van der Waals surface area contributed by atoms with Crippen LogP contribution in [0.15, 0.2) is 11.4 Å². The highest BCUT2D eigenvalue weighted by Crippen LogP contribution is 2.48. The summed E-state index contributed by atoms with van der Waals surface area (Å²) in [6.07, 6.45) is 1.28. The van der Waals surface area contributed by atoms with E-state index >= 15 is 0 Å². The fraction of sp³-hybridized carbons (Fsp3) is 0.600. The number of hydrogen-bond donors (Lipinski definition) is 0. The van der Waals surface area contributed by atoms with Crippen LogP contribution in [-0.2, 0) is 6.42 Å². The van der Waals surface area contributed by atoms with Crippen LogP contribution in [0, 0.1) is 5.41 Å². The lowest BCUT2D eigenvalue weighted by Gasteiger charge is -2.23. The van der Waals surface area contributed by atoms with Gasteiger partial charge in [0.25, 0.3) is 0 Å². The van der Waals surface area contributed by atoms with E-state index in [0.29, 0.717) is 5.41 Å². The van der Waals surface area contributed by atoms with Gasteiger partial charge < -0.3 is 0 Å². The Kier molecular flexibility index (Phi) is 1.40. The molecule has 1 heterocycles. The van der Waals surface area contributed by atoms with Crippen LogP contribution >= 0.6 is 11.3 Å². The Hall–Kier alpha value is -0.300. The number of fused-ring (bicyclic) bond motifs is 1. The average molecular weight is 166 g/mol. The van der Waals surface area contributed by atoms with Gasteiger partial charge in [0.2, 0.25) is 0 Å². The topological polar surface area (TPSA) is 0 Å². The van der Waals surface area contributed by atoms with Crippen LogP contribution in [-0.4, -0.2) is 0 Å². The molecular formula is C10H14S. The van der Waals surface area contributed by atoms with Crippen LogP contribution < -0.4 is 0 Å². The number of thiophene rings is 1. The molecule has 0 amide bonds. The lowest BCUT2D eigenvalue weighted by Crippen LogP contribution is -2.14. The van der Waals surface area contributed by atoms with Crippen LogP contribution in [0.25, 0.3) is 0 Å². The molecule has 0 fully saturated rings. The number of rotatable bonds is 0. The Balaban J connectivity index is 2.45. The molecule has 0 N–H and O–H groups in total. The summed E-state index contributed by atoms with van der Waals surface area (Å²) in [6, 6.07) is 2.29. The molecule has 0 nitrogen and oxygen atoms in total. The van der Waals surface area contributed by atoms with E-state index in [0.717, 1.165) is 5.92 Å². The second-order valence-electron chi connectivity index (χ2n) is 4.19. The molecule has 1 atom stereocenters. The Morgan fingerprint density at radius 3 is 2.91 bits per heavy atom. The summed E-state index contributed by atoms with van der Waals surface area (Å²) in [5, 5.41) is 2.22. The van der Waals surface area contributed by atoms with E-state index in [1.165, 1.54) is 6.42 Å². The standard InChI is InChI=1S/C10H14S/c1-7-8-4-5-11-9(8)6-10(7,2)3/h4-5,7H,6H2,1-3H3/t7-/m1/s1. The van der Waals surface area contributed by atoms with Crippen LogP contribution in [0.4, 0.5) is 0 Å². The van der Waals surface area contributed by atoms with Crippen molar-refractivity contribution in [2.45, 2.75) is 33.1 Å². The molecule has 0 radical (unpaired) electrons. The molecule has 0 saturated heterocycles. The van der Waals surface area contributed by atoms with Gasteiger partial charge in [-0.1, -0.05) is 20.8 Å². The van der Waals surface area contributed by atoms with Gasteiger partial charge in [0.05, 0.1) is 0 Å². The van der Waals surface area contributed by atoms with E-state index in [9.17, 15) is 0 Å². The molecule has 0 aromatic carbocycles. The third-order valence-electron chi connectivity index (χ3n) is 3.03. The molecule has 1 aliphatic rings. The van der Waals surface area contributed by atoms with Gasteiger partial charge in [-0.3, -0.25) is 0 Å². The van der Waals surface area contributed by atoms with E-state index in [-0.39, 0.29) is 0 Å². The lowest BCUT2D eigenvalue weighted by atomic mass is 9.81. The molecule has 11 heavy (non-hydrogen) atoms. The smallest absolute Gasteiger partial charge is 0.00856 e. The molecule has 60 valence electrons. The zero-order valence-electron chi connectivity index (χ0n) is 7.35. The highest BCUT2D eigenvalue weighted by Gasteiger charge is 2.36. The Morgan fingerprint density at radius 1 is 1.55 bits per heavy atom. The first-order chi connectivity index (χ1) is 5.11. The molecule has 1 heteroatoms. The van der Waals surface area contributed by atoms with E-state index in [1.54, 1.807) is 10.4 Å². The van der Waals surface area contributed by atoms with E-state index in [4.69, 9.17) is 0 Å². The van der Waals surface area contributed by atoms with Crippen molar-refractivity contribution in [1.82, 2.24) is 0 Å².